The molecule has 0 aliphatic carbocycles. The maximum Gasteiger partial charge on any atom is 0.254 e. The summed E-state index contributed by atoms with van der Waals surface area (Å²) in [7, 11) is 0. The lowest BCUT2D eigenvalue weighted by Gasteiger charge is -2.34. The van der Waals surface area contributed by atoms with E-state index in [0.29, 0.717) is 10.6 Å². The summed E-state index contributed by atoms with van der Waals surface area (Å²) in [6, 6.07) is 6.19. The summed E-state index contributed by atoms with van der Waals surface area (Å²) < 4.78 is 0. The molecule has 3 aliphatic rings. The molecule has 1 aromatic rings. The molecule has 3 saturated heterocycles. The number of anilines is 1. The molecule has 3 fully saturated rings. The van der Waals surface area contributed by atoms with Crippen LogP contribution in [-0.4, -0.2) is 47.7 Å². The molecule has 3 atom stereocenters. The number of hydrogen-bond acceptors (Lipinski definition) is 3. The Morgan fingerprint density at radius 2 is 2.08 bits per heavy atom. The van der Waals surface area contributed by atoms with Crippen molar-refractivity contribution in [1.29, 1.82) is 0 Å². The van der Waals surface area contributed by atoms with Gasteiger partial charge in [0.25, 0.3) is 5.91 Å². The van der Waals surface area contributed by atoms with Gasteiger partial charge in [0.2, 0.25) is 0 Å². The first-order chi connectivity index (χ1) is 12.1. The lowest BCUT2D eigenvalue weighted by atomic mass is 9.72. The van der Waals surface area contributed by atoms with Crippen molar-refractivity contribution in [2.75, 3.05) is 24.6 Å². The predicted octanol–water partition coefficient (Wildman–Crippen LogP) is 3.71. The van der Waals surface area contributed by atoms with E-state index in [-0.39, 0.29) is 30.0 Å². The van der Waals surface area contributed by atoms with E-state index in [1.165, 1.54) is 12.8 Å². The van der Waals surface area contributed by atoms with Crippen LogP contribution in [0.25, 0.3) is 0 Å². The number of rotatable bonds is 4. The molecule has 2 bridgehead atoms. The third-order valence-electron chi connectivity index (χ3n) is 6.75. The van der Waals surface area contributed by atoms with Crippen LogP contribution in [0.2, 0.25) is 5.02 Å². The van der Waals surface area contributed by atoms with Gasteiger partial charge < -0.3 is 14.9 Å². The first-order valence-corrected chi connectivity index (χ1v) is 9.95. The SMILES string of the molecule is CC[C@@]1(CO)C[C@@H]2CC[C@H]1N2C(=O)c1ccc(N2CCCC2)c(Cl)c1. The molecule has 0 aromatic heterocycles. The fourth-order valence-corrected chi connectivity index (χ4v) is 5.56. The fraction of sp³-hybridized carbons (Fsp3) is 0.650. The second-order valence-corrected chi connectivity index (χ2v) is 8.31. The van der Waals surface area contributed by atoms with E-state index in [2.05, 4.69) is 11.8 Å². The minimum absolute atomic E-state index is 0.0751. The van der Waals surface area contributed by atoms with Crippen LogP contribution in [0.15, 0.2) is 18.2 Å². The number of fused-ring (bicyclic) bond motifs is 2. The van der Waals surface area contributed by atoms with Gasteiger partial charge in [0.1, 0.15) is 0 Å². The van der Waals surface area contributed by atoms with Gasteiger partial charge in [-0.3, -0.25) is 4.79 Å². The minimum atomic E-state index is -0.113. The van der Waals surface area contributed by atoms with Crippen LogP contribution in [0.1, 0.15) is 55.8 Å². The van der Waals surface area contributed by atoms with E-state index in [9.17, 15) is 9.90 Å². The Balaban J connectivity index is 1.58. The second-order valence-electron chi connectivity index (χ2n) is 7.90. The monoisotopic (exact) mass is 362 g/mol. The third kappa shape index (κ3) is 2.65. The molecule has 25 heavy (non-hydrogen) atoms. The summed E-state index contributed by atoms with van der Waals surface area (Å²) in [6.45, 7) is 4.38. The molecule has 1 amide bonds. The van der Waals surface area contributed by atoms with Gasteiger partial charge in [-0.2, -0.15) is 0 Å². The van der Waals surface area contributed by atoms with Crippen LogP contribution in [0.4, 0.5) is 5.69 Å². The van der Waals surface area contributed by atoms with Crippen molar-refractivity contribution in [3.05, 3.63) is 28.8 Å². The van der Waals surface area contributed by atoms with Gasteiger partial charge >= 0.3 is 0 Å². The van der Waals surface area contributed by atoms with Gasteiger partial charge in [0.05, 0.1) is 17.3 Å². The molecule has 0 saturated carbocycles. The molecule has 1 aromatic carbocycles. The Morgan fingerprint density at radius 1 is 1.32 bits per heavy atom. The first-order valence-electron chi connectivity index (χ1n) is 9.57. The van der Waals surface area contributed by atoms with Crippen LogP contribution in [0, 0.1) is 5.41 Å². The normalized spacial score (nSPS) is 31.2. The molecule has 4 nitrogen and oxygen atoms in total. The molecule has 5 heteroatoms. The zero-order valence-corrected chi connectivity index (χ0v) is 15.6. The minimum Gasteiger partial charge on any atom is -0.396 e. The van der Waals surface area contributed by atoms with Crippen LogP contribution < -0.4 is 4.90 Å². The van der Waals surface area contributed by atoms with Crippen LogP contribution in [0.5, 0.6) is 0 Å². The molecule has 0 unspecified atom stereocenters. The fourth-order valence-electron chi connectivity index (χ4n) is 5.26. The number of halogens is 1. The molecule has 136 valence electrons. The Kier molecular flexibility index (Phi) is 4.45. The maximum atomic E-state index is 13.2. The number of amides is 1. The van der Waals surface area contributed by atoms with Gasteiger partial charge in [-0.1, -0.05) is 18.5 Å². The largest absolute Gasteiger partial charge is 0.396 e. The van der Waals surface area contributed by atoms with E-state index in [4.69, 9.17) is 11.6 Å². The van der Waals surface area contributed by atoms with Crippen molar-refractivity contribution in [2.45, 2.75) is 57.5 Å². The molecular weight excluding hydrogens is 336 g/mol. The van der Waals surface area contributed by atoms with Gasteiger partial charge in [-0.15, -0.1) is 0 Å². The first kappa shape index (κ1) is 17.2. The predicted molar refractivity (Wildman–Crippen MR) is 100 cm³/mol. The van der Waals surface area contributed by atoms with Crippen molar-refractivity contribution >= 4 is 23.2 Å². The second kappa shape index (κ2) is 6.48. The maximum absolute atomic E-state index is 13.2. The van der Waals surface area contributed by atoms with Crippen LogP contribution >= 0.6 is 11.6 Å². The highest BCUT2D eigenvalue weighted by molar-refractivity contribution is 6.33. The quantitative estimate of drug-likeness (QED) is 0.888. The Bertz CT molecular complexity index is 668. The van der Waals surface area contributed by atoms with Gasteiger partial charge in [0.15, 0.2) is 0 Å². The number of carbonyl (C=O) groups is 1. The van der Waals surface area contributed by atoms with Crippen LogP contribution in [0.3, 0.4) is 0 Å². The van der Waals surface area contributed by atoms with E-state index >= 15 is 0 Å². The van der Waals surface area contributed by atoms with E-state index < -0.39 is 0 Å². The van der Waals surface area contributed by atoms with Gasteiger partial charge in [-0.05, 0) is 56.7 Å². The number of aliphatic hydroxyl groups is 1. The van der Waals surface area contributed by atoms with Gasteiger partial charge in [0, 0.05) is 36.2 Å². The smallest absolute Gasteiger partial charge is 0.254 e. The Hall–Kier alpha value is -1.26. The van der Waals surface area contributed by atoms with E-state index in [1.54, 1.807) is 0 Å². The molecule has 0 radical (unpaired) electrons. The molecule has 0 spiro atoms. The third-order valence-corrected chi connectivity index (χ3v) is 7.05. The van der Waals surface area contributed by atoms with Crippen molar-refractivity contribution in [3.8, 4) is 0 Å². The summed E-state index contributed by atoms with van der Waals surface area (Å²) in [6.07, 6.45) is 6.31. The number of aliphatic hydroxyl groups excluding tert-OH is 1. The van der Waals surface area contributed by atoms with E-state index in [1.807, 2.05) is 23.1 Å². The average molecular weight is 363 g/mol. The summed E-state index contributed by atoms with van der Waals surface area (Å²) >= 11 is 6.51. The summed E-state index contributed by atoms with van der Waals surface area (Å²) in [5.74, 6) is 0.0751. The zero-order valence-electron chi connectivity index (χ0n) is 14.9. The zero-order chi connectivity index (χ0) is 17.6. The number of hydrogen-bond donors (Lipinski definition) is 1. The van der Waals surface area contributed by atoms with Crippen LogP contribution in [-0.2, 0) is 0 Å². The average Bonchev–Trinajstić information content (AvgIpc) is 3.36. The molecule has 3 heterocycles. The Morgan fingerprint density at radius 3 is 2.68 bits per heavy atom. The Labute approximate surface area is 154 Å². The number of nitrogens with zero attached hydrogens (tertiary/aromatic N) is 2. The van der Waals surface area contributed by atoms with Crippen molar-refractivity contribution < 1.29 is 9.90 Å². The summed E-state index contributed by atoms with van der Waals surface area (Å²) in [5, 5.41) is 10.6. The topological polar surface area (TPSA) is 43.8 Å². The summed E-state index contributed by atoms with van der Waals surface area (Å²) in [5.41, 5.74) is 1.60. The molecule has 1 N–H and O–H groups in total. The standard InChI is InChI=1S/C20H27ClN2O2/c1-2-20(13-24)12-15-6-8-18(20)23(15)19(25)14-5-7-17(16(21)11-14)22-9-3-4-10-22/h5,7,11,15,18,24H,2-4,6,8-10,12-13H2,1H3/t15-,18+,20-/m0/s1. The summed E-state index contributed by atoms with van der Waals surface area (Å²) in [4.78, 5) is 17.5. The van der Waals surface area contributed by atoms with Crippen molar-refractivity contribution in [2.24, 2.45) is 5.41 Å². The lowest BCUT2D eigenvalue weighted by molar-refractivity contribution is 0.0557. The van der Waals surface area contributed by atoms with E-state index in [0.717, 1.165) is 44.5 Å². The lowest BCUT2D eigenvalue weighted by Crippen LogP contribution is -2.42. The highest BCUT2D eigenvalue weighted by atomic mass is 35.5. The number of benzene rings is 1. The molecule has 4 rings (SSSR count). The number of carbonyl (C=O) groups excluding carboxylic acids is 1. The molecular formula is C20H27ClN2O2. The highest BCUT2D eigenvalue weighted by Crippen LogP contribution is 2.52. The molecule has 3 aliphatic heterocycles. The van der Waals surface area contributed by atoms with Crippen molar-refractivity contribution in [3.63, 3.8) is 0 Å². The van der Waals surface area contributed by atoms with Crippen molar-refractivity contribution in [1.82, 2.24) is 4.90 Å². The van der Waals surface area contributed by atoms with Gasteiger partial charge in [-0.25, -0.2) is 0 Å². The highest BCUT2D eigenvalue weighted by Gasteiger charge is 2.56.